The maximum absolute atomic E-state index is 11.9. The zero-order valence-electron chi connectivity index (χ0n) is 12.1. The molecule has 1 heterocycles. The molecule has 7 heteroatoms. The molecule has 20 heavy (non-hydrogen) atoms. The average Bonchev–Trinajstić information content (AvgIpc) is 2.86. The Labute approximate surface area is 123 Å². The number of ether oxygens (including phenoxy) is 1. The number of carbonyl (C=O) groups is 2. The third-order valence-electron chi connectivity index (χ3n) is 2.69. The van der Waals surface area contributed by atoms with Gasteiger partial charge in [0.2, 0.25) is 5.91 Å². The average molecular weight is 299 g/mol. The summed E-state index contributed by atoms with van der Waals surface area (Å²) < 4.78 is 4.67. The second kappa shape index (κ2) is 8.68. The van der Waals surface area contributed by atoms with E-state index in [0.29, 0.717) is 17.1 Å². The van der Waals surface area contributed by atoms with Crippen molar-refractivity contribution >= 4 is 28.9 Å². The number of anilines is 1. The van der Waals surface area contributed by atoms with Crippen molar-refractivity contribution in [1.29, 1.82) is 0 Å². The quantitative estimate of drug-likeness (QED) is 0.554. The van der Waals surface area contributed by atoms with Crippen LogP contribution in [0.4, 0.5) is 5.69 Å². The van der Waals surface area contributed by atoms with Gasteiger partial charge in [0.1, 0.15) is 4.88 Å². The van der Waals surface area contributed by atoms with Crippen LogP contribution in [0.25, 0.3) is 0 Å². The molecule has 2 N–H and O–H groups in total. The molecule has 0 saturated carbocycles. The molecular formula is C13H21N3O3S. The first-order valence-corrected chi connectivity index (χ1v) is 7.25. The standard InChI is InChI=1S/C13H21N3O3S/c1-14-6-4-7-16(2)9-11(17)15-10-5-8-20-12(10)13(18)19-3/h5,8,14H,4,6-7,9H2,1-3H3,(H,15,17). The highest BCUT2D eigenvalue weighted by Crippen LogP contribution is 2.22. The molecule has 1 aromatic rings. The minimum absolute atomic E-state index is 0.138. The lowest BCUT2D eigenvalue weighted by Gasteiger charge is -2.16. The summed E-state index contributed by atoms with van der Waals surface area (Å²) in [5, 5.41) is 7.55. The number of carbonyl (C=O) groups excluding carboxylic acids is 2. The Morgan fingerprint density at radius 1 is 1.45 bits per heavy atom. The fourth-order valence-electron chi connectivity index (χ4n) is 1.70. The van der Waals surface area contributed by atoms with Crippen molar-refractivity contribution in [3.8, 4) is 0 Å². The Morgan fingerprint density at radius 3 is 2.85 bits per heavy atom. The fourth-order valence-corrected chi connectivity index (χ4v) is 2.46. The highest BCUT2D eigenvalue weighted by atomic mass is 32.1. The van der Waals surface area contributed by atoms with Gasteiger partial charge >= 0.3 is 5.97 Å². The Bertz CT molecular complexity index is 448. The van der Waals surface area contributed by atoms with Gasteiger partial charge < -0.3 is 15.4 Å². The van der Waals surface area contributed by atoms with Gasteiger partial charge in [0.05, 0.1) is 19.3 Å². The van der Waals surface area contributed by atoms with Gasteiger partial charge in [-0.1, -0.05) is 0 Å². The van der Waals surface area contributed by atoms with Crippen molar-refractivity contribution < 1.29 is 14.3 Å². The summed E-state index contributed by atoms with van der Waals surface area (Å²) >= 11 is 1.25. The Balaban J connectivity index is 2.46. The number of nitrogens with one attached hydrogen (secondary N) is 2. The normalized spacial score (nSPS) is 10.6. The Kier molecular flexibility index (Phi) is 7.21. The molecule has 0 spiro atoms. The van der Waals surface area contributed by atoms with Crippen LogP contribution in [0.1, 0.15) is 16.1 Å². The van der Waals surface area contributed by atoms with Gasteiger partial charge in [-0.25, -0.2) is 4.79 Å². The summed E-state index contributed by atoms with van der Waals surface area (Å²) in [6.07, 6.45) is 0.978. The summed E-state index contributed by atoms with van der Waals surface area (Å²) in [4.78, 5) is 25.8. The van der Waals surface area contributed by atoms with Crippen molar-refractivity contribution in [3.63, 3.8) is 0 Å². The van der Waals surface area contributed by atoms with Crippen molar-refractivity contribution in [1.82, 2.24) is 10.2 Å². The molecule has 0 radical (unpaired) electrons. The summed E-state index contributed by atoms with van der Waals surface area (Å²) in [5.74, 6) is -0.571. The van der Waals surface area contributed by atoms with E-state index in [2.05, 4.69) is 15.4 Å². The maximum atomic E-state index is 11.9. The van der Waals surface area contributed by atoms with Crippen molar-refractivity contribution in [3.05, 3.63) is 16.3 Å². The number of hydrogen-bond acceptors (Lipinski definition) is 6. The molecule has 0 aromatic carbocycles. The van der Waals surface area contributed by atoms with E-state index in [1.807, 2.05) is 19.0 Å². The van der Waals surface area contributed by atoms with Crippen LogP contribution < -0.4 is 10.6 Å². The number of nitrogens with zero attached hydrogens (tertiary/aromatic N) is 1. The third kappa shape index (κ3) is 5.28. The molecule has 0 bridgehead atoms. The molecule has 0 fully saturated rings. The zero-order valence-corrected chi connectivity index (χ0v) is 12.9. The van der Waals surface area contributed by atoms with Gasteiger partial charge in [0.25, 0.3) is 0 Å². The van der Waals surface area contributed by atoms with Crippen LogP contribution in [-0.4, -0.2) is 57.6 Å². The van der Waals surface area contributed by atoms with Crippen molar-refractivity contribution in [2.45, 2.75) is 6.42 Å². The van der Waals surface area contributed by atoms with E-state index in [4.69, 9.17) is 0 Å². The van der Waals surface area contributed by atoms with Gasteiger partial charge in [-0.2, -0.15) is 0 Å². The van der Waals surface area contributed by atoms with Crippen LogP contribution in [0.5, 0.6) is 0 Å². The van der Waals surface area contributed by atoms with E-state index in [1.165, 1.54) is 18.4 Å². The third-order valence-corrected chi connectivity index (χ3v) is 3.58. The molecule has 112 valence electrons. The SMILES string of the molecule is CNCCCN(C)CC(=O)Nc1ccsc1C(=O)OC. The zero-order chi connectivity index (χ0) is 15.0. The van der Waals surface area contributed by atoms with Crippen LogP contribution in [0, 0.1) is 0 Å². The number of likely N-dealkylation sites (N-methyl/N-ethyl adjacent to an activating group) is 1. The molecule has 1 amide bonds. The minimum atomic E-state index is -0.433. The summed E-state index contributed by atoms with van der Waals surface area (Å²) in [5.41, 5.74) is 0.510. The molecule has 0 aliphatic heterocycles. The number of methoxy groups -OCH3 is 1. The fraction of sp³-hybridized carbons (Fsp3) is 0.538. The Morgan fingerprint density at radius 2 is 2.20 bits per heavy atom. The lowest BCUT2D eigenvalue weighted by molar-refractivity contribution is -0.117. The van der Waals surface area contributed by atoms with E-state index in [0.717, 1.165) is 19.5 Å². The molecule has 0 saturated heterocycles. The smallest absolute Gasteiger partial charge is 0.350 e. The van der Waals surface area contributed by atoms with Gasteiger partial charge in [-0.15, -0.1) is 11.3 Å². The van der Waals surface area contributed by atoms with Crippen molar-refractivity contribution in [2.24, 2.45) is 0 Å². The van der Waals surface area contributed by atoms with Crippen LogP contribution in [0.3, 0.4) is 0 Å². The van der Waals surface area contributed by atoms with Crippen LogP contribution in [0.2, 0.25) is 0 Å². The molecule has 6 nitrogen and oxygen atoms in total. The van der Waals surface area contributed by atoms with Crippen molar-refractivity contribution in [2.75, 3.05) is 46.2 Å². The van der Waals surface area contributed by atoms with E-state index in [-0.39, 0.29) is 5.91 Å². The van der Waals surface area contributed by atoms with E-state index in [9.17, 15) is 9.59 Å². The second-order valence-electron chi connectivity index (χ2n) is 4.40. The number of hydrogen-bond donors (Lipinski definition) is 2. The van der Waals surface area contributed by atoms with Gasteiger partial charge in [0, 0.05) is 0 Å². The predicted molar refractivity (Wildman–Crippen MR) is 80.3 cm³/mol. The van der Waals surface area contributed by atoms with Crippen LogP contribution in [-0.2, 0) is 9.53 Å². The summed E-state index contributed by atoms with van der Waals surface area (Å²) in [7, 11) is 5.12. The van der Waals surface area contributed by atoms with E-state index >= 15 is 0 Å². The highest BCUT2D eigenvalue weighted by Gasteiger charge is 2.16. The van der Waals surface area contributed by atoms with E-state index in [1.54, 1.807) is 11.4 Å². The summed E-state index contributed by atoms with van der Waals surface area (Å²) in [6, 6.07) is 1.70. The number of thiophene rings is 1. The number of esters is 1. The van der Waals surface area contributed by atoms with E-state index < -0.39 is 5.97 Å². The molecule has 1 aromatic heterocycles. The largest absolute Gasteiger partial charge is 0.465 e. The number of amides is 1. The predicted octanol–water partition coefficient (Wildman–Crippen LogP) is 1.01. The highest BCUT2D eigenvalue weighted by molar-refractivity contribution is 7.12. The van der Waals surface area contributed by atoms with Gasteiger partial charge in [-0.3, -0.25) is 9.69 Å². The Hall–Kier alpha value is -1.44. The lowest BCUT2D eigenvalue weighted by atomic mass is 10.3. The molecule has 0 unspecified atom stereocenters. The molecular weight excluding hydrogens is 278 g/mol. The summed E-state index contributed by atoms with van der Waals surface area (Å²) in [6.45, 7) is 2.05. The first-order chi connectivity index (χ1) is 9.58. The van der Waals surface area contributed by atoms with Gasteiger partial charge in [0.15, 0.2) is 0 Å². The lowest BCUT2D eigenvalue weighted by Crippen LogP contribution is -2.32. The first kappa shape index (κ1) is 16.6. The number of rotatable bonds is 8. The molecule has 0 aliphatic carbocycles. The first-order valence-electron chi connectivity index (χ1n) is 6.37. The monoisotopic (exact) mass is 299 g/mol. The topological polar surface area (TPSA) is 70.7 Å². The second-order valence-corrected chi connectivity index (χ2v) is 5.31. The minimum Gasteiger partial charge on any atom is -0.465 e. The van der Waals surface area contributed by atoms with Crippen LogP contribution >= 0.6 is 11.3 Å². The van der Waals surface area contributed by atoms with Gasteiger partial charge in [-0.05, 0) is 45.1 Å². The molecule has 0 atom stereocenters. The van der Waals surface area contributed by atoms with Crippen LogP contribution in [0.15, 0.2) is 11.4 Å². The molecule has 0 aliphatic rings. The maximum Gasteiger partial charge on any atom is 0.350 e. The molecule has 1 rings (SSSR count).